The number of carbonyl (C=O) groups excluding carboxylic acids is 4. The lowest BCUT2D eigenvalue weighted by atomic mass is 10.1. The Morgan fingerprint density at radius 2 is 1.97 bits per heavy atom. The number of rotatable bonds is 6. The topological polar surface area (TPSA) is 121 Å². The second-order valence-electron chi connectivity index (χ2n) is 7.15. The fourth-order valence-corrected chi connectivity index (χ4v) is 3.69. The molecule has 33 heavy (non-hydrogen) atoms. The molecule has 0 spiro atoms. The molecular weight excluding hydrogens is 457 g/mol. The molecule has 1 fully saturated rings. The lowest BCUT2D eigenvalue weighted by molar-refractivity contribution is -0.123. The van der Waals surface area contributed by atoms with E-state index in [1.165, 1.54) is 18.2 Å². The average molecular weight is 474 g/mol. The van der Waals surface area contributed by atoms with Gasteiger partial charge in [-0.25, -0.2) is 14.1 Å². The summed E-state index contributed by atoms with van der Waals surface area (Å²) in [6.07, 6.45) is 0. The number of esters is 1. The van der Waals surface area contributed by atoms with Crippen LogP contribution in [0, 0.1) is 5.82 Å². The van der Waals surface area contributed by atoms with Crippen molar-refractivity contribution in [3.63, 3.8) is 0 Å². The number of nitrogens with one attached hydrogen (secondary N) is 1. The molecule has 0 radical (unpaired) electrons. The molecule has 2 aromatic rings. The Kier molecular flexibility index (Phi) is 6.05. The zero-order valence-corrected chi connectivity index (χ0v) is 18.0. The molecule has 1 saturated heterocycles. The van der Waals surface area contributed by atoms with Gasteiger partial charge in [0.1, 0.15) is 12.4 Å². The van der Waals surface area contributed by atoms with Crippen LogP contribution in [0.5, 0.6) is 0 Å². The molecule has 2 aromatic carbocycles. The third kappa shape index (κ3) is 4.27. The molecule has 1 N–H and O–H groups in total. The SMILES string of the molecule is CCOC(=O)c1cccc(NC(=O)CN2N=NC3C(=O)N(c4ccc(F)c(Cl)c4)C(=O)C32)c1. The maximum absolute atomic E-state index is 13.5. The fourth-order valence-electron chi connectivity index (χ4n) is 3.52. The van der Waals surface area contributed by atoms with E-state index in [2.05, 4.69) is 15.7 Å². The Hall–Kier alpha value is -3.86. The molecule has 0 bridgehead atoms. The minimum Gasteiger partial charge on any atom is -0.462 e. The van der Waals surface area contributed by atoms with E-state index in [0.717, 1.165) is 16.0 Å². The highest BCUT2D eigenvalue weighted by atomic mass is 35.5. The van der Waals surface area contributed by atoms with Crippen molar-refractivity contribution in [2.24, 2.45) is 10.3 Å². The lowest BCUT2D eigenvalue weighted by Crippen LogP contribution is -2.43. The molecule has 2 aliphatic heterocycles. The van der Waals surface area contributed by atoms with Gasteiger partial charge in [0.15, 0.2) is 12.1 Å². The van der Waals surface area contributed by atoms with E-state index in [1.807, 2.05) is 0 Å². The van der Waals surface area contributed by atoms with Crippen LogP contribution in [-0.2, 0) is 19.1 Å². The highest BCUT2D eigenvalue weighted by molar-refractivity contribution is 6.32. The first-order valence-corrected chi connectivity index (χ1v) is 10.2. The summed E-state index contributed by atoms with van der Waals surface area (Å²) in [6, 6.07) is 7.39. The van der Waals surface area contributed by atoms with E-state index in [9.17, 15) is 23.6 Å². The number of hydrogen-bond acceptors (Lipinski definition) is 8. The Morgan fingerprint density at radius 1 is 1.18 bits per heavy atom. The van der Waals surface area contributed by atoms with E-state index in [4.69, 9.17) is 16.3 Å². The molecule has 0 aliphatic carbocycles. The largest absolute Gasteiger partial charge is 0.462 e. The maximum atomic E-state index is 13.5. The molecule has 3 amide bonds. The number of fused-ring (bicyclic) bond motifs is 1. The van der Waals surface area contributed by atoms with Crippen LogP contribution in [0.15, 0.2) is 52.8 Å². The normalized spacial score (nSPS) is 19.1. The molecule has 10 nitrogen and oxygen atoms in total. The van der Waals surface area contributed by atoms with Crippen LogP contribution in [0.4, 0.5) is 15.8 Å². The molecule has 170 valence electrons. The Morgan fingerprint density at radius 3 is 2.70 bits per heavy atom. The lowest BCUT2D eigenvalue weighted by Gasteiger charge is -2.20. The Balaban J connectivity index is 1.46. The van der Waals surface area contributed by atoms with E-state index < -0.39 is 41.6 Å². The van der Waals surface area contributed by atoms with Crippen LogP contribution in [0.2, 0.25) is 5.02 Å². The van der Waals surface area contributed by atoms with Crippen LogP contribution in [0.25, 0.3) is 0 Å². The molecular formula is C21H17ClFN5O5. The monoisotopic (exact) mass is 473 g/mol. The van der Waals surface area contributed by atoms with Gasteiger partial charge in [-0.3, -0.25) is 19.4 Å². The Labute approximate surface area is 191 Å². The van der Waals surface area contributed by atoms with Gasteiger partial charge in [-0.1, -0.05) is 22.9 Å². The van der Waals surface area contributed by atoms with Crippen molar-refractivity contribution in [1.82, 2.24) is 5.01 Å². The van der Waals surface area contributed by atoms with Gasteiger partial charge in [0, 0.05) is 5.69 Å². The zero-order chi connectivity index (χ0) is 23.7. The summed E-state index contributed by atoms with van der Waals surface area (Å²) >= 11 is 5.77. The van der Waals surface area contributed by atoms with Gasteiger partial charge in [-0.05, 0) is 43.3 Å². The summed E-state index contributed by atoms with van der Waals surface area (Å²) < 4.78 is 18.4. The van der Waals surface area contributed by atoms with Crippen LogP contribution < -0.4 is 10.2 Å². The number of amides is 3. The van der Waals surface area contributed by atoms with Crippen molar-refractivity contribution in [1.29, 1.82) is 0 Å². The number of halogens is 2. The highest BCUT2D eigenvalue weighted by Gasteiger charge is 2.55. The summed E-state index contributed by atoms with van der Waals surface area (Å²) in [5.41, 5.74) is 0.705. The first-order chi connectivity index (χ1) is 15.8. The fraction of sp³-hybridized carbons (Fsp3) is 0.238. The van der Waals surface area contributed by atoms with Gasteiger partial charge in [-0.2, -0.15) is 5.11 Å². The molecule has 2 unspecified atom stereocenters. The predicted molar refractivity (Wildman–Crippen MR) is 114 cm³/mol. The highest BCUT2D eigenvalue weighted by Crippen LogP contribution is 2.33. The van der Waals surface area contributed by atoms with Gasteiger partial charge in [0.2, 0.25) is 5.91 Å². The van der Waals surface area contributed by atoms with Crippen molar-refractivity contribution >= 4 is 46.7 Å². The first-order valence-electron chi connectivity index (χ1n) is 9.87. The molecule has 2 heterocycles. The maximum Gasteiger partial charge on any atom is 0.338 e. The Bertz CT molecular complexity index is 1190. The van der Waals surface area contributed by atoms with Crippen molar-refractivity contribution in [3.8, 4) is 0 Å². The van der Waals surface area contributed by atoms with Crippen LogP contribution >= 0.6 is 11.6 Å². The van der Waals surface area contributed by atoms with E-state index in [1.54, 1.807) is 25.1 Å². The van der Waals surface area contributed by atoms with Crippen LogP contribution in [0.1, 0.15) is 17.3 Å². The summed E-state index contributed by atoms with van der Waals surface area (Å²) in [5, 5.41) is 11.1. The van der Waals surface area contributed by atoms with Gasteiger partial charge in [0.05, 0.1) is 22.9 Å². The van der Waals surface area contributed by atoms with E-state index in [0.29, 0.717) is 5.69 Å². The number of anilines is 2. The number of carbonyl (C=O) groups is 4. The molecule has 0 aromatic heterocycles. The van der Waals surface area contributed by atoms with E-state index >= 15 is 0 Å². The van der Waals surface area contributed by atoms with Crippen molar-refractivity contribution in [2.45, 2.75) is 19.0 Å². The van der Waals surface area contributed by atoms with Gasteiger partial charge < -0.3 is 10.1 Å². The quantitative estimate of drug-likeness (QED) is 0.508. The first kappa shape index (κ1) is 22.3. The molecule has 4 rings (SSSR count). The smallest absolute Gasteiger partial charge is 0.338 e. The van der Waals surface area contributed by atoms with Crippen molar-refractivity contribution in [2.75, 3.05) is 23.4 Å². The zero-order valence-electron chi connectivity index (χ0n) is 17.2. The second-order valence-corrected chi connectivity index (χ2v) is 7.56. The third-order valence-electron chi connectivity index (χ3n) is 4.98. The number of imide groups is 1. The van der Waals surface area contributed by atoms with Gasteiger partial charge >= 0.3 is 5.97 Å². The molecule has 2 atom stereocenters. The van der Waals surface area contributed by atoms with Crippen LogP contribution in [-0.4, -0.2) is 53.9 Å². The number of benzene rings is 2. The molecule has 2 aliphatic rings. The number of ether oxygens (including phenoxy) is 1. The second kappa shape index (κ2) is 8.94. The van der Waals surface area contributed by atoms with Crippen molar-refractivity contribution in [3.05, 3.63) is 58.9 Å². The van der Waals surface area contributed by atoms with E-state index in [-0.39, 0.29) is 29.4 Å². The third-order valence-corrected chi connectivity index (χ3v) is 5.27. The molecule has 12 heteroatoms. The van der Waals surface area contributed by atoms with Crippen molar-refractivity contribution < 1.29 is 28.3 Å². The minimum atomic E-state index is -1.12. The summed E-state index contributed by atoms with van der Waals surface area (Å²) in [4.78, 5) is 50.9. The average Bonchev–Trinajstić information content (AvgIpc) is 3.30. The minimum absolute atomic E-state index is 0.0983. The summed E-state index contributed by atoms with van der Waals surface area (Å²) in [5.74, 6) is -3.07. The standard InChI is InChI=1S/C21H17ClFN5O5/c1-2-33-21(32)11-4-3-5-12(8-11)24-16(29)10-27-18-17(25-26-27)19(30)28(20(18)31)13-6-7-15(23)14(22)9-13/h3-9,17-18H,2,10H2,1H3,(H,24,29). The summed E-state index contributed by atoms with van der Waals surface area (Å²) in [7, 11) is 0. The van der Waals surface area contributed by atoms with Gasteiger partial charge in [0.25, 0.3) is 11.8 Å². The predicted octanol–water partition coefficient (Wildman–Crippen LogP) is 2.59. The number of hydrogen-bond donors (Lipinski definition) is 1. The molecule has 0 saturated carbocycles. The van der Waals surface area contributed by atoms with Crippen LogP contribution in [0.3, 0.4) is 0 Å². The number of nitrogens with zero attached hydrogens (tertiary/aromatic N) is 4. The summed E-state index contributed by atoms with van der Waals surface area (Å²) in [6.45, 7) is 1.53. The van der Waals surface area contributed by atoms with Gasteiger partial charge in [-0.15, -0.1) is 0 Å².